The van der Waals surface area contributed by atoms with Crippen molar-refractivity contribution in [2.45, 2.75) is 19.9 Å². The highest BCUT2D eigenvalue weighted by Gasteiger charge is 2.14. The van der Waals surface area contributed by atoms with Gasteiger partial charge in [0.25, 0.3) is 0 Å². The predicted molar refractivity (Wildman–Crippen MR) is 79.5 cm³/mol. The Morgan fingerprint density at radius 1 is 1.33 bits per heavy atom. The number of carboxylic acid groups (broad SMARTS) is 1. The van der Waals surface area contributed by atoms with Gasteiger partial charge in [-0.05, 0) is 31.5 Å². The first-order valence-corrected chi connectivity index (χ1v) is 8.23. The number of aryl methyl sites for hydroxylation is 1. The van der Waals surface area contributed by atoms with Gasteiger partial charge in [-0.3, -0.25) is 0 Å². The highest BCUT2D eigenvalue weighted by Crippen LogP contribution is 2.15. The van der Waals surface area contributed by atoms with Crippen LogP contribution in [0.2, 0.25) is 0 Å². The molecule has 1 aromatic carbocycles. The van der Waals surface area contributed by atoms with E-state index in [2.05, 4.69) is 10.6 Å². The Morgan fingerprint density at radius 3 is 2.48 bits per heavy atom. The molecule has 1 unspecified atom stereocenters. The van der Waals surface area contributed by atoms with E-state index in [1.807, 2.05) is 0 Å². The summed E-state index contributed by atoms with van der Waals surface area (Å²) in [5.74, 6) is -1.25. The number of rotatable bonds is 5. The second-order valence-electron chi connectivity index (χ2n) is 4.93. The van der Waals surface area contributed by atoms with Crippen LogP contribution in [0.3, 0.4) is 0 Å². The van der Waals surface area contributed by atoms with Crippen molar-refractivity contribution >= 4 is 27.5 Å². The summed E-state index contributed by atoms with van der Waals surface area (Å²) in [5, 5.41) is 13.9. The van der Waals surface area contributed by atoms with E-state index in [0.29, 0.717) is 11.3 Å². The number of anilines is 1. The molecule has 1 aromatic rings. The molecule has 0 aliphatic carbocycles. The van der Waals surface area contributed by atoms with Gasteiger partial charge in [0.1, 0.15) is 9.84 Å². The maximum absolute atomic E-state index is 11.7. The normalized spacial score (nSPS) is 12.5. The van der Waals surface area contributed by atoms with E-state index in [-0.39, 0.29) is 11.3 Å². The molecule has 0 spiro atoms. The number of aromatic carboxylic acids is 1. The average Bonchev–Trinajstić information content (AvgIpc) is 2.28. The number of hydrogen-bond donors (Lipinski definition) is 3. The standard InChI is InChI=1S/C13H18N2O5S/c1-8-4-5-10(6-11(8)12(16)17)15-13(18)14-9(2)7-21(3,19)20/h4-6,9H,7H2,1-3H3,(H,16,17)(H2,14,15,18). The van der Waals surface area contributed by atoms with E-state index in [9.17, 15) is 18.0 Å². The molecule has 7 nitrogen and oxygen atoms in total. The van der Waals surface area contributed by atoms with Gasteiger partial charge in [-0.25, -0.2) is 18.0 Å². The Morgan fingerprint density at radius 2 is 1.95 bits per heavy atom. The van der Waals surface area contributed by atoms with Gasteiger partial charge in [0.15, 0.2) is 0 Å². The lowest BCUT2D eigenvalue weighted by atomic mass is 10.1. The largest absolute Gasteiger partial charge is 0.478 e. The van der Waals surface area contributed by atoms with Crippen LogP contribution >= 0.6 is 0 Å². The third-order valence-electron chi connectivity index (χ3n) is 2.66. The van der Waals surface area contributed by atoms with Gasteiger partial charge in [-0.2, -0.15) is 0 Å². The molecule has 2 amide bonds. The lowest BCUT2D eigenvalue weighted by molar-refractivity contribution is 0.0696. The molecule has 0 saturated carbocycles. The van der Waals surface area contributed by atoms with Crippen molar-refractivity contribution in [2.24, 2.45) is 0 Å². The minimum absolute atomic E-state index is 0.0944. The van der Waals surface area contributed by atoms with E-state index in [1.54, 1.807) is 26.0 Å². The molecule has 0 bridgehead atoms. The van der Waals surface area contributed by atoms with Crippen molar-refractivity contribution in [3.8, 4) is 0 Å². The van der Waals surface area contributed by atoms with Crippen LogP contribution < -0.4 is 10.6 Å². The Labute approximate surface area is 123 Å². The van der Waals surface area contributed by atoms with Crippen LogP contribution in [0.15, 0.2) is 18.2 Å². The van der Waals surface area contributed by atoms with Crippen molar-refractivity contribution in [3.05, 3.63) is 29.3 Å². The molecule has 0 radical (unpaired) electrons. The molecule has 0 aromatic heterocycles. The van der Waals surface area contributed by atoms with Crippen LogP contribution in [0.1, 0.15) is 22.8 Å². The molecular formula is C13H18N2O5S. The molecule has 21 heavy (non-hydrogen) atoms. The van der Waals surface area contributed by atoms with Crippen molar-refractivity contribution in [1.82, 2.24) is 5.32 Å². The van der Waals surface area contributed by atoms with E-state index in [0.717, 1.165) is 6.26 Å². The average molecular weight is 314 g/mol. The Bertz CT molecular complexity index is 655. The summed E-state index contributed by atoms with van der Waals surface area (Å²) in [4.78, 5) is 22.7. The Hall–Kier alpha value is -2.09. The van der Waals surface area contributed by atoms with Gasteiger partial charge in [-0.15, -0.1) is 0 Å². The molecule has 1 atom stereocenters. The number of hydrogen-bond acceptors (Lipinski definition) is 4. The quantitative estimate of drug-likeness (QED) is 0.757. The lowest BCUT2D eigenvalue weighted by Gasteiger charge is -2.14. The van der Waals surface area contributed by atoms with Crippen molar-refractivity contribution < 1.29 is 23.1 Å². The molecule has 0 saturated heterocycles. The molecular weight excluding hydrogens is 296 g/mol. The minimum atomic E-state index is -3.19. The molecule has 8 heteroatoms. The summed E-state index contributed by atoms with van der Waals surface area (Å²) < 4.78 is 22.2. The zero-order valence-corrected chi connectivity index (χ0v) is 12.8. The van der Waals surface area contributed by atoms with E-state index >= 15 is 0 Å². The third kappa shape index (κ3) is 5.82. The zero-order chi connectivity index (χ0) is 16.2. The Kier molecular flexibility index (Phi) is 5.31. The number of carbonyl (C=O) groups excluding carboxylic acids is 1. The lowest BCUT2D eigenvalue weighted by Crippen LogP contribution is -2.39. The maximum atomic E-state index is 11.7. The number of nitrogens with one attached hydrogen (secondary N) is 2. The first-order chi connectivity index (χ1) is 9.58. The summed E-state index contributed by atoms with van der Waals surface area (Å²) in [7, 11) is -3.19. The second kappa shape index (κ2) is 6.57. The van der Waals surface area contributed by atoms with Crippen LogP contribution in [-0.4, -0.2) is 43.6 Å². The third-order valence-corrected chi connectivity index (χ3v) is 3.76. The van der Waals surface area contributed by atoms with Crippen molar-refractivity contribution in [3.63, 3.8) is 0 Å². The highest BCUT2D eigenvalue weighted by atomic mass is 32.2. The fraction of sp³-hybridized carbons (Fsp3) is 0.385. The fourth-order valence-electron chi connectivity index (χ4n) is 1.82. The fourth-order valence-corrected chi connectivity index (χ4v) is 2.81. The number of sulfone groups is 1. The number of carboxylic acids is 1. The van der Waals surface area contributed by atoms with Gasteiger partial charge in [0, 0.05) is 18.0 Å². The van der Waals surface area contributed by atoms with Gasteiger partial charge in [0.2, 0.25) is 0 Å². The van der Waals surface area contributed by atoms with Crippen LogP contribution in [0.4, 0.5) is 10.5 Å². The van der Waals surface area contributed by atoms with Crippen molar-refractivity contribution in [2.75, 3.05) is 17.3 Å². The van der Waals surface area contributed by atoms with Crippen LogP contribution in [-0.2, 0) is 9.84 Å². The SMILES string of the molecule is Cc1ccc(NC(=O)NC(C)CS(C)(=O)=O)cc1C(=O)O. The molecule has 0 aliphatic rings. The smallest absolute Gasteiger partial charge is 0.336 e. The molecule has 0 aliphatic heterocycles. The Balaban J connectivity index is 2.71. The summed E-state index contributed by atoms with van der Waals surface area (Å²) in [6.07, 6.45) is 1.09. The summed E-state index contributed by atoms with van der Waals surface area (Å²) in [6.45, 7) is 3.22. The summed E-state index contributed by atoms with van der Waals surface area (Å²) >= 11 is 0. The van der Waals surface area contributed by atoms with Gasteiger partial charge < -0.3 is 15.7 Å². The topological polar surface area (TPSA) is 113 Å². The van der Waals surface area contributed by atoms with Gasteiger partial charge in [-0.1, -0.05) is 6.07 Å². The predicted octanol–water partition coefficient (Wildman–Crippen LogP) is 1.25. The minimum Gasteiger partial charge on any atom is -0.478 e. The molecule has 3 N–H and O–H groups in total. The monoisotopic (exact) mass is 314 g/mol. The number of amides is 2. The van der Waals surface area contributed by atoms with Crippen LogP contribution in [0.25, 0.3) is 0 Å². The van der Waals surface area contributed by atoms with Crippen LogP contribution in [0, 0.1) is 6.92 Å². The highest BCUT2D eigenvalue weighted by molar-refractivity contribution is 7.90. The molecule has 0 fully saturated rings. The van der Waals surface area contributed by atoms with Gasteiger partial charge in [0.05, 0.1) is 11.3 Å². The summed E-state index contributed by atoms with van der Waals surface area (Å²) in [5.41, 5.74) is 0.998. The molecule has 0 heterocycles. The number of carbonyl (C=O) groups is 2. The first-order valence-electron chi connectivity index (χ1n) is 6.17. The van der Waals surface area contributed by atoms with E-state index in [1.165, 1.54) is 6.07 Å². The zero-order valence-electron chi connectivity index (χ0n) is 12.0. The van der Waals surface area contributed by atoms with E-state index in [4.69, 9.17) is 5.11 Å². The molecule has 1 rings (SSSR count). The maximum Gasteiger partial charge on any atom is 0.336 e. The van der Waals surface area contributed by atoms with E-state index < -0.39 is 27.9 Å². The number of benzene rings is 1. The first kappa shape index (κ1) is 17.0. The van der Waals surface area contributed by atoms with Crippen molar-refractivity contribution in [1.29, 1.82) is 0 Å². The summed E-state index contributed by atoms with van der Waals surface area (Å²) in [6, 6.07) is 3.36. The van der Waals surface area contributed by atoms with Crippen LogP contribution in [0.5, 0.6) is 0 Å². The van der Waals surface area contributed by atoms with Gasteiger partial charge >= 0.3 is 12.0 Å². The molecule has 116 valence electrons. The second-order valence-corrected chi connectivity index (χ2v) is 7.11. The number of urea groups is 1.